The van der Waals surface area contributed by atoms with Crippen molar-refractivity contribution in [2.45, 2.75) is 58.3 Å². The predicted octanol–water partition coefficient (Wildman–Crippen LogP) is 6.59. The molecule has 0 aliphatic heterocycles. The van der Waals surface area contributed by atoms with Gasteiger partial charge in [-0.25, -0.2) is 0 Å². The zero-order chi connectivity index (χ0) is 26.4. The Morgan fingerprint density at radius 3 is 2.31 bits per heavy atom. The first-order valence-corrected chi connectivity index (χ1v) is 13.6. The Bertz CT molecular complexity index is 1210. The molecule has 0 bridgehead atoms. The Balaban J connectivity index is 1.70. The molecule has 1 aromatic heterocycles. The molecule has 1 atom stereocenters. The molecule has 0 unspecified atom stereocenters. The summed E-state index contributed by atoms with van der Waals surface area (Å²) >= 11 is 13.5. The molecule has 36 heavy (non-hydrogen) atoms. The summed E-state index contributed by atoms with van der Waals surface area (Å²) in [6.45, 7) is 10.8. The van der Waals surface area contributed by atoms with Gasteiger partial charge >= 0.3 is 0 Å². The quantitative estimate of drug-likeness (QED) is 0.279. The number of carbonyl (C=O) groups is 2. The highest BCUT2D eigenvalue weighted by molar-refractivity contribution is 7.99. The number of anilines is 1. The second-order valence-corrected chi connectivity index (χ2v) is 10.8. The smallest absolute Gasteiger partial charge is 0.253 e. The van der Waals surface area contributed by atoms with Gasteiger partial charge in [-0.15, -0.1) is 10.2 Å². The molecule has 2 N–H and O–H groups in total. The van der Waals surface area contributed by atoms with Crippen LogP contribution in [0.15, 0.2) is 47.6 Å². The molecular weight excluding hydrogens is 517 g/mol. The maximum atomic E-state index is 13.0. The van der Waals surface area contributed by atoms with E-state index in [0.29, 0.717) is 34.0 Å². The highest BCUT2D eigenvalue weighted by Crippen LogP contribution is 2.27. The van der Waals surface area contributed by atoms with E-state index in [1.54, 1.807) is 12.1 Å². The lowest BCUT2D eigenvalue weighted by atomic mass is 10.0. The molecule has 0 spiro atoms. The predicted molar refractivity (Wildman–Crippen MR) is 147 cm³/mol. The third-order valence-electron chi connectivity index (χ3n) is 5.66. The number of nitrogens with zero attached hydrogens (tertiary/aromatic N) is 3. The average molecular weight is 549 g/mol. The molecule has 3 rings (SSSR count). The van der Waals surface area contributed by atoms with Gasteiger partial charge in [-0.3, -0.25) is 9.59 Å². The van der Waals surface area contributed by atoms with Crippen LogP contribution in [0.3, 0.4) is 0 Å². The summed E-state index contributed by atoms with van der Waals surface area (Å²) < 4.78 is 1.92. The molecule has 192 valence electrons. The minimum atomic E-state index is -0.403. The van der Waals surface area contributed by atoms with Gasteiger partial charge in [0.25, 0.3) is 5.91 Å². The van der Waals surface area contributed by atoms with Gasteiger partial charge < -0.3 is 15.2 Å². The molecule has 0 radical (unpaired) electrons. The summed E-state index contributed by atoms with van der Waals surface area (Å²) in [5.74, 6) is 0.821. The molecule has 7 nitrogen and oxygen atoms in total. The molecule has 0 fully saturated rings. The van der Waals surface area contributed by atoms with E-state index in [1.807, 2.05) is 49.6 Å². The van der Waals surface area contributed by atoms with E-state index in [0.717, 1.165) is 5.69 Å². The lowest BCUT2D eigenvalue weighted by Crippen LogP contribution is -2.34. The Morgan fingerprint density at radius 2 is 1.72 bits per heavy atom. The standard InChI is InChI=1S/C26H31Cl2N5O2S/c1-6-33-24(23(16(4)5)30-25(35)20-12-9-18(27)13-21(20)28)31-32-26(33)36-14-22(34)29-19-10-7-17(8-11-19)15(2)3/h7-13,15-16,23H,6,14H2,1-5H3,(H,29,34)(H,30,35)/t23-/m0/s1. The first-order valence-electron chi connectivity index (χ1n) is 11.8. The normalized spacial score (nSPS) is 12.1. The summed E-state index contributed by atoms with van der Waals surface area (Å²) in [5, 5.41) is 16.0. The van der Waals surface area contributed by atoms with Crippen molar-refractivity contribution in [3.05, 3.63) is 69.5 Å². The fraction of sp³-hybridized carbons (Fsp3) is 0.385. The van der Waals surface area contributed by atoms with E-state index in [9.17, 15) is 9.59 Å². The fourth-order valence-corrected chi connectivity index (χ4v) is 4.94. The Morgan fingerprint density at radius 1 is 1.03 bits per heavy atom. The summed E-state index contributed by atoms with van der Waals surface area (Å²) in [7, 11) is 0. The third-order valence-corrected chi connectivity index (χ3v) is 7.18. The van der Waals surface area contributed by atoms with Gasteiger partial charge in [0.2, 0.25) is 5.91 Å². The van der Waals surface area contributed by atoms with E-state index in [4.69, 9.17) is 23.2 Å². The molecule has 0 aliphatic rings. The van der Waals surface area contributed by atoms with E-state index in [-0.39, 0.29) is 28.5 Å². The van der Waals surface area contributed by atoms with Crippen molar-refractivity contribution in [3.8, 4) is 0 Å². The van der Waals surface area contributed by atoms with Gasteiger partial charge in [-0.2, -0.15) is 0 Å². The molecule has 0 saturated heterocycles. The lowest BCUT2D eigenvalue weighted by molar-refractivity contribution is -0.113. The number of hydrogen-bond acceptors (Lipinski definition) is 5. The highest BCUT2D eigenvalue weighted by Gasteiger charge is 2.27. The SMILES string of the molecule is CCn1c(SCC(=O)Nc2ccc(C(C)C)cc2)nnc1[C@@H](NC(=O)c1ccc(Cl)cc1Cl)C(C)C. The van der Waals surface area contributed by atoms with Gasteiger partial charge in [-0.1, -0.05) is 74.8 Å². The number of amides is 2. The third kappa shape index (κ3) is 7.02. The number of benzene rings is 2. The summed E-state index contributed by atoms with van der Waals surface area (Å²) in [5.41, 5.74) is 2.31. The first kappa shape index (κ1) is 28.0. The Hall–Kier alpha value is -2.55. The number of hydrogen-bond donors (Lipinski definition) is 2. The zero-order valence-electron chi connectivity index (χ0n) is 21.0. The molecule has 2 amide bonds. The van der Waals surface area contributed by atoms with Crippen molar-refractivity contribution >= 4 is 52.5 Å². The second kappa shape index (κ2) is 12.6. The van der Waals surface area contributed by atoms with Crippen LogP contribution >= 0.6 is 35.0 Å². The fourth-order valence-electron chi connectivity index (χ4n) is 3.63. The summed E-state index contributed by atoms with van der Waals surface area (Å²) in [6.07, 6.45) is 0. The van der Waals surface area contributed by atoms with Crippen LogP contribution in [0.5, 0.6) is 0 Å². The number of halogens is 2. The van der Waals surface area contributed by atoms with E-state index in [2.05, 4.69) is 34.7 Å². The largest absolute Gasteiger partial charge is 0.342 e. The highest BCUT2D eigenvalue weighted by atomic mass is 35.5. The van der Waals surface area contributed by atoms with Crippen molar-refractivity contribution in [1.82, 2.24) is 20.1 Å². The molecule has 1 heterocycles. The average Bonchev–Trinajstić information content (AvgIpc) is 3.23. The van der Waals surface area contributed by atoms with Crippen LogP contribution < -0.4 is 10.6 Å². The topological polar surface area (TPSA) is 88.9 Å². The second-order valence-electron chi connectivity index (χ2n) is 9.02. The van der Waals surface area contributed by atoms with Gasteiger partial charge in [-0.05, 0) is 54.7 Å². The van der Waals surface area contributed by atoms with E-state index >= 15 is 0 Å². The van der Waals surface area contributed by atoms with Crippen molar-refractivity contribution in [1.29, 1.82) is 0 Å². The monoisotopic (exact) mass is 547 g/mol. The van der Waals surface area contributed by atoms with Gasteiger partial charge in [0.1, 0.15) is 0 Å². The molecular formula is C26H31Cl2N5O2S. The zero-order valence-corrected chi connectivity index (χ0v) is 23.3. The van der Waals surface area contributed by atoms with Crippen molar-refractivity contribution in [2.75, 3.05) is 11.1 Å². The van der Waals surface area contributed by atoms with E-state index in [1.165, 1.54) is 23.4 Å². The van der Waals surface area contributed by atoms with Crippen molar-refractivity contribution < 1.29 is 9.59 Å². The van der Waals surface area contributed by atoms with Crippen LogP contribution in [0, 0.1) is 5.92 Å². The molecule has 0 saturated carbocycles. The van der Waals surface area contributed by atoms with Crippen LogP contribution in [0.4, 0.5) is 5.69 Å². The van der Waals surface area contributed by atoms with Crippen LogP contribution in [0.25, 0.3) is 0 Å². The van der Waals surface area contributed by atoms with Crippen molar-refractivity contribution in [2.24, 2.45) is 5.92 Å². The van der Waals surface area contributed by atoms with Gasteiger partial charge in [0, 0.05) is 17.3 Å². The first-order chi connectivity index (χ1) is 17.1. The van der Waals surface area contributed by atoms with Crippen LogP contribution in [0.2, 0.25) is 10.0 Å². The molecule has 0 aliphatic carbocycles. The maximum absolute atomic E-state index is 13.0. The number of thioether (sulfide) groups is 1. The van der Waals surface area contributed by atoms with Crippen molar-refractivity contribution in [3.63, 3.8) is 0 Å². The van der Waals surface area contributed by atoms with Crippen LogP contribution in [-0.2, 0) is 11.3 Å². The Labute approximate surface area is 226 Å². The van der Waals surface area contributed by atoms with E-state index < -0.39 is 6.04 Å². The Kier molecular flexibility index (Phi) is 9.82. The summed E-state index contributed by atoms with van der Waals surface area (Å²) in [6, 6.07) is 12.2. The minimum Gasteiger partial charge on any atom is -0.342 e. The maximum Gasteiger partial charge on any atom is 0.253 e. The molecule has 10 heteroatoms. The lowest BCUT2D eigenvalue weighted by Gasteiger charge is -2.22. The summed E-state index contributed by atoms with van der Waals surface area (Å²) in [4.78, 5) is 25.5. The van der Waals surface area contributed by atoms with Crippen LogP contribution in [0.1, 0.15) is 68.3 Å². The number of nitrogens with one attached hydrogen (secondary N) is 2. The number of rotatable bonds is 10. The van der Waals surface area contributed by atoms with Gasteiger partial charge in [0.15, 0.2) is 11.0 Å². The minimum absolute atomic E-state index is 0.0319. The number of carbonyl (C=O) groups excluding carboxylic acids is 2. The molecule has 2 aromatic carbocycles. The van der Waals surface area contributed by atoms with Crippen LogP contribution in [-0.4, -0.2) is 32.3 Å². The van der Waals surface area contributed by atoms with Gasteiger partial charge in [0.05, 0.1) is 22.4 Å². The number of aromatic nitrogens is 3. The molecule has 3 aromatic rings.